The number of para-hydroxylation sites is 1. The molecule has 3 amide bonds. The van der Waals surface area contributed by atoms with E-state index in [9.17, 15) is 18.8 Å². The van der Waals surface area contributed by atoms with Crippen molar-refractivity contribution in [3.05, 3.63) is 89.6 Å². The zero-order chi connectivity index (χ0) is 27.4. The van der Waals surface area contributed by atoms with Crippen LogP contribution in [0, 0.1) is 5.82 Å². The van der Waals surface area contributed by atoms with E-state index in [0.717, 1.165) is 5.56 Å². The normalized spacial score (nSPS) is 16.6. The molecule has 0 bridgehead atoms. The standard InChI is InChI=1S/C28H26FN5O4S/c1-2-23(26(36)31-16-19-6-5-13-38-19)39-28-33-21-8-4-3-7-20(21)25-32-22(27(37)34(25)28)14-24(35)30-15-17-9-11-18(29)12-10-17/h3-13,22-23H,2,14-16H2,1H3,(H,30,35)(H,31,36). The fraction of sp³-hybridized carbons (Fsp3) is 0.250. The van der Waals surface area contributed by atoms with Crippen LogP contribution in [0.15, 0.2) is 81.3 Å². The molecule has 0 saturated heterocycles. The molecule has 200 valence electrons. The van der Waals surface area contributed by atoms with Crippen molar-refractivity contribution in [3.8, 4) is 0 Å². The van der Waals surface area contributed by atoms with Crippen molar-refractivity contribution in [2.75, 3.05) is 0 Å². The van der Waals surface area contributed by atoms with Gasteiger partial charge in [0, 0.05) is 12.1 Å². The topological polar surface area (TPSA) is 116 Å². The van der Waals surface area contributed by atoms with Crippen LogP contribution in [0.25, 0.3) is 0 Å². The second-order valence-electron chi connectivity index (χ2n) is 8.97. The van der Waals surface area contributed by atoms with E-state index < -0.39 is 11.3 Å². The Kier molecular flexibility index (Phi) is 7.87. The van der Waals surface area contributed by atoms with Crippen molar-refractivity contribution in [3.63, 3.8) is 0 Å². The molecule has 0 radical (unpaired) electrons. The summed E-state index contributed by atoms with van der Waals surface area (Å²) in [5.74, 6) is -0.252. The zero-order valence-corrected chi connectivity index (χ0v) is 21.9. The average Bonchev–Trinajstić information content (AvgIpc) is 3.58. The fourth-order valence-electron chi connectivity index (χ4n) is 4.22. The smallest absolute Gasteiger partial charge is 0.259 e. The third-order valence-electron chi connectivity index (χ3n) is 6.26. The van der Waals surface area contributed by atoms with Crippen LogP contribution < -0.4 is 10.6 Å². The number of hydrogen-bond donors (Lipinski definition) is 2. The molecule has 2 aliphatic rings. The number of amides is 3. The Hall–Kier alpha value is -4.25. The molecule has 39 heavy (non-hydrogen) atoms. The first-order valence-electron chi connectivity index (χ1n) is 12.5. The van der Waals surface area contributed by atoms with Crippen LogP contribution in [0.4, 0.5) is 10.1 Å². The number of nitrogens with one attached hydrogen (secondary N) is 2. The molecule has 2 unspecified atom stereocenters. The molecule has 3 aromatic rings. The number of thioether (sulfide) groups is 1. The van der Waals surface area contributed by atoms with Gasteiger partial charge in [-0.05, 0) is 48.4 Å². The first kappa shape index (κ1) is 26.4. The Bertz CT molecular complexity index is 1440. The maximum Gasteiger partial charge on any atom is 0.259 e. The van der Waals surface area contributed by atoms with Gasteiger partial charge in [0.2, 0.25) is 11.8 Å². The lowest BCUT2D eigenvalue weighted by atomic mass is 10.1. The predicted octanol–water partition coefficient (Wildman–Crippen LogP) is 3.91. The van der Waals surface area contributed by atoms with Crippen molar-refractivity contribution < 1.29 is 23.2 Å². The highest BCUT2D eigenvalue weighted by Crippen LogP contribution is 2.35. The van der Waals surface area contributed by atoms with Crippen LogP contribution >= 0.6 is 11.8 Å². The van der Waals surface area contributed by atoms with Crippen LogP contribution in [-0.4, -0.2) is 44.9 Å². The van der Waals surface area contributed by atoms with Crippen molar-refractivity contribution >= 4 is 46.2 Å². The van der Waals surface area contributed by atoms with Crippen LogP contribution in [0.5, 0.6) is 0 Å². The van der Waals surface area contributed by atoms with E-state index in [1.807, 2.05) is 31.2 Å². The fourth-order valence-corrected chi connectivity index (χ4v) is 5.26. The number of hydrogen-bond acceptors (Lipinski definition) is 7. The molecule has 9 nitrogen and oxygen atoms in total. The number of furan rings is 1. The SMILES string of the molecule is CCC(SC1=Nc2ccccc2C2=NC(CC(=O)NCc3ccc(F)cc3)C(=O)N12)C(=O)NCc1ccco1. The van der Waals surface area contributed by atoms with E-state index >= 15 is 0 Å². The summed E-state index contributed by atoms with van der Waals surface area (Å²) in [6.45, 7) is 2.34. The molecular formula is C28H26FN5O4S. The number of carbonyl (C=O) groups is 3. The van der Waals surface area contributed by atoms with Gasteiger partial charge in [-0.3, -0.25) is 19.4 Å². The third-order valence-corrected chi connectivity index (χ3v) is 7.57. The van der Waals surface area contributed by atoms with E-state index in [0.29, 0.717) is 34.4 Å². The molecule has 3 heterocycles. The van der Waals surface area contributed by atoms with Gasteiger partial charge in [-0.1, -0.05) is 43.0 Å². The number of fused-ring (bicyclic) bond motifs is 3. The van der Waals surface area contributed by atoms with Gasteiger partial charge in [0.05, 0.1) is 30.2 Å². The van der Waals surface area contributed by atoms with Crippen LogP contribution in [0.2, 0.25) is 0 Å². The Labute approximate surface area is 228 Å². The summed E-state index contributed by atoms with van der Waals surface area (Å²) in [6, 6.07) is 15.7. The van der Waals surface area contributed by atoms with Crippen molar-refractivity contribution in [2.45, 2.75) is 44.1 Å². The summed E-state index contributed by atoms with van der Waals surface area (Å²) >= 11 is 1.18. The summed E-state index contributed by atoms with van der Waals surface area (Å²) in [7, 11) is 0. The van der Waals surface area contributed by atoms with Gasteiger partial charge in [-0.15, -0.1) is 0 Å². The number of rotatable bonds is 9. The van der Waals surface area contributed by atoms with Gasteiger partial charge in [0.25, 0.3) is 5.91 Å². The third kappa shape index (κ3) is 5.93. The summed E-state index contributed by atoms with van der Waals surface area (Å²) in [5.41, 5.74) is 2.05. The molecule has 2 N–H and O–H groups in total. The molecule has 0 saturated carbocycles. The largest absolute Gasteiger partial charge is 0.467 e. The summed E-state index contributed by atoms with van der Waals surface area (Å²) in [5, 5.41) is 5.45. The second-order valence-corrected chi connectivity index (χ2v) is 10.1. The molecule has 1 aromatic heterocycles. The van der Waals surface area contributed by atoms with Gasteiger partial charge in [-0.25, -0.2) is 14.3 Å². The minimum absolute atomic E-state index is 0.152. The Balaban J connectivity index is 1.30. The molecule has 0 spiro atoms. The zero-order valence-electron chi connectivity index (χ0n) is 21.1. The molecule has 11 heteroatoms. The lowest BCUT2D eigenvalue weighted by Crippen LogP contribution is -2.43. The van der Waals surface area contributed by atoms with Crippen LogP contribution in [0.3, 0.4) is 0 Å². The second kappa shape index (κ2) is 11.6. The van der Waals surface area contributed by atoms with Gasteiger partial charge < -0.3 is 15.1 Å². The quantitative estimate of drug-likeness (QED) is 0.421. The van der Waals surface area contributed by atoms with Gasteiger partial charge >= 0.3 is 0 Å². The van der Waals surface area contributed by atoms with E-state index in [4.69, 9.17) is 4.42 Å². The maximum absolute atomic E-state index is 13.5. The average molecular weight is 548 g/mol. The van der Waals surface area contributed by atoms with E-state index in [1.165, 1.54) is 28.8 Å². The number of benzene rings is 2. The van der Waals surface area contributed by atoms with Gasteiger partial charge in [-0.2, -0.15) is 0 Å². The number of halogens is 1. The first-order chi connectivity index (χ1) is 18.9. The van der Waals surface area contributed by atoms with Crippen molar-refractivity contribution in [1.29, 1.82) is 0 Å². The van der Waals surface area contributed by atoms with E-state index in [1.54, 1.807) is 30.5 Å². The van der Waals surface area contributed by atoms with Gasteiger partial charge in [0.1, 0.15) is 23.5 Å². The number of nitrogens with zero attached hydrogens (tertiary/aromatic N) is 3. The molecule has 2 aliphatic heterocycles. The molecule has 0 aliphatic carbocycles. The highest BCUT2D eigenvalue weighted by atomic mass is 32.2. The Morgan fingerprint density at radius 2 is 1.87 bits per heavy atom. The number of aliphatic imine (C=N–C) groups is 2. The van der Waals surface area contributed by atoms with Crippen molar-refractivity contribution in [2.24, 2.45) is 9.98 Å². The summed E-state index contributed by atoms with van der Waals surface area (Å²) in [6.07, 6.45) is 1.89. The molecule has 0 fully saturated rings. The predicted molar refractivity (Wildman–Crippen MR) is 146 cm³/mol. The lowest BCUT2D eigenvalue weighted by Gasteiger charge is -2.27. The number of amidine groups is 2. The first-order valence-corrected chi connectivity index (χ1v) is 13.4. The number of carbonyl (C=O) groups excluding carboxylic acids is 3. The Morgan fingerprint density at radius 3 is 2.62 bits per heavy atom. The maximum atomic E-state index is 13.5. The van der Waals surface area contributed by atoms with Crippen LogP contribution in [-0.2, 0) is 27.5 Å². The Morgan fingerprint density at radius 1 is 1.08 bits per heavy atom. The summed E-state index contributed by atoms with van der Waals surface area (Å²) < 4.78 is 18.4. The highest BCUT2D eigenvalue weighted by molar-refractivity contribution is 8.15. The minimum Gasteiger partial charge on any atom is -0.467 e. The van der Waals surface area contributed by atoms with E-state index in [-0.39, 0.29) is 43.0 Å². The molecule has 2 atom stereocenters. The lowest BCUT2D eigenvalue weighted by molar-refractivity contribution is -0.128. The van der Waals surface area contributed by atoms with Crippen LogP contribution in [0.1, 0.15) is 36.7 Å². The van der Waals surface area contributed by atoms with Gasteiger partial charge in [0.15, 0.2) is 5.17 Å². The highest BCUT2D eigenvalue weighted by Gasteiger charge is 2.43. The monoisotopic (exact) mass is 547 g/mol. The molecule has 2 aromatic carbocycles. The van der Waals surface area contributed by atoms with E-state index in [2.05, 4.69) is 20.6 Å². The summed E-state index contributed by atoms with van der Waals surface area (Å²) in [4.78, 5) is 49.8. The van der Waals surface area contributed by atoms with Crippen molar-refractivity contribution in [1.82, 2.24) is 15.5 Å². The minimum atomic E-state index is -0.932. The molecular weight excluding hydrogens is 521 g/mol. The molecule has 5 rings (SSSR count).